The number of hydrogen-bond donors (Lipinski definition) is 0. The van der Waals surface area contributed by atoms with Crippen LogP contribution in [-0.4, -0.2) is 13.1 Å². The van der Waals surface area contributed by atoms with Gasteiger partial charge in [0.2, 0.25) is 5.76 Å². The third-order valence-corrected chi connectivity index (χ3v) is 3.84. The van der Waals surface area contributed by atoms with E-state index in [4.69, 9.17) is 13.9 Å². The van der Waals surface area contributed by atoms with Crippen LogP contribution in [0.2, 0.25) is 0 Å². The quantitative estimate of drug-likeness (QED) is 0.643. The van der Waals surface area contributed by atoms with E-state index >= 15 is 0 Å². The molecule has 0 aliphatic carbocycles. The first kappa shape index (κ1) is 15.9. The van der Waals surface area contributed by atoms with Crippen molar-refractivity contribution in [3.8, 4) is 16.9 Å². The molecule has 2 aromatic carbocycles. The average molecular weight is 322 g/mol. The zero-order valence-electron chi connectivity index (χ0n) is 13.6. The second kappa shape index (κ2) is 7.04. The summed E-state index contributed by atoms with van der Waals surface area (Å²) >= 11 is 0. The summed E-state index contributed by atoms with van der Waals surface area (Å²) in [5.74, 6) is 0.551. The molecule has 0 bridgehead atoms. The maximum Gasteiger partial charge on any atom is 0.374 e. The minimum absolute atomic E-state index is 0.220. The minimum atomic E-state index is -0.462. The molecule has 0 N–H and O–H groups in total. The van der Waals surface area contributed by atoms with Gasteiger partial charge in [-0.1, -0.05) is 42.5 Å². The van der Waals surface area contributed by atoms with Gasteiger partial charge >= 0.3 is 5.97 Å². The van der Waals surface area contributed by atoms with Crippen molar-refractivity contribution in [3.05, 3.63) is 77.7 Å². The summed E-state index contributed by atoms with van der Waals surface area (Å²) in [5.41, 5.74) is 3.52. The third kappa shape index (κ3) is 3.33. The van der Waals surface area contributed by atoms with Crippen molar-refractivity contribution in [3.63, 3.8) is 0 Å². The van der Waals surface area contributed by atoms with Gasteiger partial charge < -0.3 is 13.9 Å². The Labute approximate surface area is 140 Å². The number of carbonyl (C=O) groups excluding carboxylic acids is 1. The Hall–Kier alpha value is -3.01. The second-order valence-corrected chi connectivity index (χ2v) is 5.39. The van der Waals surface area contributed by atoms with E-state index < -0.39 is 5.97 Å². The van der Waals surface area contributed by atoms with Gasteiger partial charge in [0, 0.05) is 11.1 Å². The highest BCUT2D eigenvalue weighted by Crippen LogP contribution is 2.29. The summed E-state index contributed by atoms with van der Waals surface area (Å²) in [4.78, 5) is 12.2. The number of hydrogen-bond acceptors (Lipinski definition) is 4. The first-order valence-corrected chi connectivity index (χ1v) is 7.62. The molecule has 122 valence electrons. The number of esters is 1. The van der Waals surface area contributed by atoms with E-state index in [2.05, 4.69) is 0 Å². The van der Waals surface area contributed by atoms with Crippen LogP contribution in [0.1, 0.15) is 21.7 Å². The van der Waals surface area contributed by atoms with Crippen molar-refractivity contribution in [1.82, 2.24) is 0 Å². The molecule has 4 heteroatoms. The molecule has 0 atom stereocenters. The molecule has 1 heterocycles. The van der Waals surface area contributed by atoms with Gasteiger partial charge in [0.05, 0.1) is 13.4 Å². The van der Waals surface area contributed by atoms with Crippen molar-refractivity contribution in [2.24, 2.45) is 0 Å². The summed E-state index contributed by atoms with van der Waals surface area (Å²) in [6.07, 6.45) is 1.58. The average Bonchev–Trinajstić information content (AvgIpc) is 3.02. The van der Waals surface area contributed by atoms with Crippen molar-refractivity contribution in [1.29, 1.82) is 0 Å². The van der Waals surface area contributed by atoms with Gasteiger partial charge in [0.25, 0.3) is 0 Å². The van der Waals surface area contributed by atoms with Crippen LogP contribution >= 0.6 is 0 Å². The fraction of sp³-hybridized carbons (Fsp3) is 0.150. The Bertz CT molecular complexity index is 817. The summed E-state index contributed by atoms with van der Waals surface area (Å²) in [6.45, 7) is 2.07. The van der Waals surface area contributed by atoms with Crippen LogP contribution < -0.4 is 4.74 Å². The van der Waals surface area contributed by atoms with E-state index in [1.165, 1.54) is 0 Å². The van der Waals surface area contributed by atoms with Gasteiger partial charge in [-0.15, -0.1) is 0 Å². The maximum atomic E-state index is 12.2. The van der Waals surface area contributed by atoms with Gasteiger partial charge in [0.15, 0.2) is 0 Å². The van der Waals surface area contributed by atoms with Crippen molar-refractivity contribution >= 4 is 5.97 Å². The van der Waals surface area contributed by atoms with Crippen molar-refractivity contribution < 1.29 is 18.7 Å². The Morgan fingerprint density at radius 3 is 2.42 bits per heavy atom. The molecule has 0 aliphatic heterocycles. The molecule has 24 heavy (non-hydrogen) atoms. The summed E-state index contributed by atoms with van der Waals surface area (Å²) in [5, 5.41) is 0. The van der Waals surface area contributed by atoms with E-state index in [1.807, 2.05) is 61.5 Å². The molecular weight excluding hydrogens is 304 g/mol. The molecule has 0 saturated heterocycles. The standard InChI is InChI=1S/C20H18O4/c1-14-18(16-8-10-17(22-2)11-9-16)13-23-19(14)20(21)24-12-15-6-4-3-5-7-15/h3-11,13H,12H2,1-2H3. The van der Waals surface area contributed by atoms with Crippen molar-refractivity contribution in [2.75, 3.05) is 7.11 Å². The van der Waals surface area contributed by atoms with Gasteiger partial charge in [-0.3, -0.25) is 0 Å². The van der Waals surface area contributed by atoms with Crippen LogP contribution in [0, 0.1) is 6.92 Å². The van der Waals surface area contributed by atoms with E-state index in [9.17, 15) is 4.79 Å². The van der Waals surface area contributed by atoms with Crippen LogP contribution in [0.25, 0.3) is 11.1 Å². The number of benzene rings is 2. The molecule has 1 aromatic heterocycles. The Balaban J connectivity index is 1.75. The highest BCUT2D eigenvalue weighted by molar-refractivity contribution is 5.90. The van der Waals surface area contributed by atoms with Crippen LogP contribution in [-0.2, 0) is 11.3 Å². The van der Waals surface area contributed by atoms with Crippen LogP contribution in [0.3, 0.4) is 0 Å². The van der Waals surface area contributed by atoms with Gasteiger partial charge in [-0.05, 0) is 30.2 Å². The Morgan fingerprint density at radius 1 is 1.04 bits per heavy atom. The number of methoxy groups -OCH3 is 1. The first-order chi connectivity index (χ1) is 11.7. The molecule has 0 spiro atoms. The van der Waals surface area contributed by atoms with E-state index in [-0.39, 0.29) is 12.4 Å². The lowest BCUT2D eigenvalue weighted by Crippen LogP contribution is -2.05. The van der Waals surface area contributed by atoms with Gasteiger partial charge in [0.1, 0.15) is 12.4 Å². The Morgan fingerprint density at radius 2 is 1.75 bits per heavy atom. The highest BCUT2D eigenvalue weighted by atomic mass is 16.5. The fourth-order valence-corrected chi connectivity index (χ4v) is 2.46. The molecule has 0 unspecified atom stereocenters. The van der Waals surface area contributed by atoms with E-state index in [0.717, 1.165) is 28.0 Å². The number of furan rings is 1. The van der Waals surface area contributed by atoms with Crippen LogP contribution in [0.4, 0.5) is 0 Å². The topological polar surface area (TPSA) is 48.7 Å². The summed E-state index contributed by atoms with van der Waals surface area (Å²) < 4.78 is 15.9. The molecule has 0 amide bonds. The minimum Gasteiger partial charge on any atom is -0.497 e. The predicted octanol–water partition coefficient (Wildman–Crippen LogP) is 4.62. The fourth-order valence-electron chi connectivity index (χ4n) is 2.46. The zero-order valence-corrected chi connectivity index (χ0v) is 13.6. The largest absolute Gasteiger partial charge is 0.497 e. The monoisotopic (exact) mass is 322 g/mol. The number of carbonyl (C=O) groups is 1. The zero-order chi connectivity index (χ0) is 16.9. The highest BCUT2D eigenvalue weighted by Gasteiger charge is 2.19. The molecule has 0 saturated carbocycles. The van der Waals surface area contributed by atoms with Gasteiger partial charge in [-0.2, -0.15) is 0 Å². The third-order valence-electron chi connectivity index (χ3n) is 3.84. The molecule has 3 aromatic rings. The smallest absolute Gasteiger partial charge is 0.374 e. The lowest BCUT2D eigenvalue weighted by atomic mass is 10.0. The van der Waals surface area contributed by atoms with E-state index in [1.54, 1.807) is 13.4 Å². The molecular formula is C20H18O4. The SMILES string of the molecule is COc1ccc(-c2coc(C(=O)OCc3ccccc3)c2C)cc1. The van der Waals surface area contributed by atoms with Crippen molar-refractivity contribution in [2.45, 2.75) is 13.5 Å². The lowest BCUT2D eigenvalue weighted by Gasteiger charge is -2.04. The second-order valence-electron chi connectivity index (χ2n) is 5.39. The molecule has 4 nitrogen and oxygen atoms in total. The first-order valence-electron chi connectivity index (χ1n) is 7.62. The summed E-state index contributed by atoms with van der Waals surface area (Å²) in [6, 6.07) is 17.1. The summed E-state index contributed by atoms with van der Waals surface area (Å²) in [7, 11) is 1.62. The predicted molar refractivity (Wildman–Crippen MR) is 91.0 cm³/mol. The van der Waals surface area contributed by atoms with Crippen LogP contribution in [0.15, 0.2) is 65.3 Å². The number of rotatable bonds is 5. The molecule has 0 aliphatic rings. The number of ether oxygens (including phenoxy) is 2. The van der Waals surface area contributed by atoms with E-state index in [0.29, 0.717) is 0 Å². The van der Waals surface area contributed by atoms with Gasteiger partial charge in [-0.25, -0.2) is 4.79 Å². The molecule has 0 radical (unpaired) electrons. The Kier molecular flexibility index (Phi) is 4.66. The van der Waals surface area contributed by atoms with Crippen LogP contribution in [0.5, 0.6) is 5.75 Å². The maximum absolute atomic E-state index is 12.2. The molecule has 0 fully saturated rings. The normalized spacial score (nSPS) is 10.4. The lowest BCUT2D eigenvalue weighted by molar-refractivity contribution is 0.0435. The molecule has 3 rings (SSSR count).